The fraction of sp³-hybridized carbons (Fsp3) is 0.190. The second-order valence-electron chi connectivity index (χ2n) is 6.36. The van der Waals surface area contributed by atoms with Crippen molar-refractivity contribution in [3.63, 3.8) is 0 Å². The lowest BCUT2D eigenvalue weighted by Crippen LogP contribution is -2.57. The molecule has 2 rings (SSSR count). The topological polar surface area (TPSA) is 112 Å². The monoisotopic (exact) mass is 377 g/mol. The molecule has 1 atom stereocenters. The fourth-order valence-electron chi connectivity index (χ4n) is 2.19. The summed E-state index contributed by atoms with van der Waals surface area (Å²) in [4.78, 5) is 27.9. The van der Waals surface area contributed by atoms with Gasteiger partial charge in [-0.1, -0.05) is 11.8 Å². The van der Waals surface area contributed by atoms with Gasteiger partial charge in [-0.3, -0.25) is 19.8 Å². The Hall–Kier alpha value is -3.65. The number of carbonyl (C=O) groups is 2. The average molecular weight is 377 g/mol. The molecule has 142 valence electrons. The van der Waals surface area contributed by atoms with Gasteiger partial charge >= 0.3 is 0 Å². The largest absolute Gasteiger partial charge is 0.388 e. The lowest BCUT2D eigenvalue weighted by molar-refractivity contribution is -0.136. The molecule has 1 aromatic carbocycles. The van der Waals surface area contributed by atoms with E-state index in [0.29, 0.717) is 5.56 Å². The van der Waals surface area contributed by atoms with Crippen molar-refractivity contribution >= 4 is 11.8 Å². The first-order chi connectivity index (χ1) is 13.3. The van der Waals surface area contributed by atoms with Crippen molar-refractivity contribution in [1.29, 1.82) is 0 Å². The highest BCUT2D eigenvalue weighted by Gasteiger charge is 2.34. The van der Waals surface area contributed by atoms with Gasteiger partial charge in [0.15, 0.2) is 0 Å². The zero-order valence-corrected chi connectivity index (χ0v) is 15.4. The highest BCUT2D eigenvalue weighted by atomic mass is 16.5. The Morgan fingerprint density at radius 3 is 2.25 bits per heavy atom. The third-order valence-corrected chi connectivity index (χ3v) is 3.64. The molecule has 0 radical (unpaired) electrons. The van der Waals surface area contributed by atoms with Crippen LogP contribution in [0.25, 0.3) is 0 Å². The Kier molecular flexibility index (Phi) is 6.89. The van der Waals surface area contributed by atoms with Crippen LogP contribution < -0.4 is 10.8 Å². The summed E-state index contributed by atoms with van der Waals surface area (Å²) < 4.78 is 0. The zero-order valence-electron chi connectivity index (χ0n) is 15.4. The lowest BCUT2D eigenvalue weighted by Gasteiger charge is -2.28. The van der Waals surface area contributed by atoms with Crippen molar-refractivity contribution in [2.45, 2.75) is 25.5 Å². The number of pyridine rings is 1. The number of aromatic nitrogens is 1. The van der Waals surface area contributed by atoms with Crippen molar-refractivity contribution in [3.8, 4) is 23.7 Å². The third kappa shape index (κ3) is 5.96. The van der Waals surface area contributed by atoms with Crippen molar-refractivity contribution < 1.29 is 19.9 Å². The maximum atomic E-state index is 12.3. The van der Waals surface area contributed by atoms with Gasteiger partial charge in [0.25, 0.3) is 11.8 Å². The molecule has 2 aromatic rings. The fourth-order valence-corrected chi connectivity index (χ4v) is 2.19. The first-order valence-corrected chi connectivity index (χ1v) is 8.30. The maximum absolute atomic E-state index is 12.3. The maximum Gasteiger partial charge on any atom is 0.268 e. The van der Waals surface area contributed by atoms with Gasteiger partial charge in [0, 0.05) is 29.1 Å². The summed E-state index contributed by atoms with van der Waals surface area (Å²) in [5.74, 6) is 9.67. The van der Waals surface area contributed by atoms with Crippen LogP contribution in [0.2, 0.25) is 0 Å². The molecule has 0 saturated carbocycles. The summed E-state index contributed by atoms with van der Waals surface area (Å²) in [6, 6.07) is 8.63. The van der Waals surface area contributed by atoms with Crippen LogP contribution in [-0.4, -0.2) is 38.8 Å². The van der Waals surface area contributed by atoms with Crippen molar-refractivity contribution in [1.82, 2.24) is 15.8 Å². The van der Waals surface area contributed by atoms with Gasteiger partial charge in [-0.2, -0.15) is 0 Å². The SMILES string of the molecule is CC(C)(O)[C@H](NC(=O)c1ccc(C#CC#Cc2cccnc2)cc1)C(=O)NO. The predicted molar refractivity (Wildman–Crippen MR) is 102 cm³/mol. The summed E-state index contributed by atoms with van der Waals surface area (Å²) in [7, 11) is 0. The molecule has 0 aliphatic heterocycles. The molecule has 0 spiro atoms. The van der Waals surface area contributed by atoms with Gasteiger partial charge < -0.3 is 10.4 Å². The first kappa shape index (κ1) is 20.7. The summed E-state index contributed by atoms with van der Waals surface area (Å²) in [5.41, 5.74) is 1.55. The Morgan fingerprint density at radius 2 is 1.71 bits per heavy atom. The van der Waals surface area contributed by atoms with Crippen LogP contribution >= 0.6 is 0 Å². The molecule has 0 aliphatic rings. The summed E-state index contributed by atoms with van der Waals surface area (Å²) in [5, 5.41) is 21.2. The number of hydroxylamine groups is 1. The van der Waals surface area contributed by atoms with E-state index in [2.05, 4.69) is 34.0 Å². The minimum Gasteiger partial charge on any atom is -0.388 e. The van der Waals surface area contributed by atoms with E-state index in [4.69, 9.17) is 5.21 Å². The van der Waals surface area contributed by atoms with Crippen LogP contribution in [-0.2, 0) is 4.79 Å². The molecule has 0 bridgehead atoms. The van der Waals surface area contributed by atoms with Crippen LogP contribution in [0.15, 0.2) is 48.8 Å². The molecule has 28 heavy (non-hydrogen) atoms. The van der Waals surface area contributed by atoms with E-state index < -0.39 is 23.5 Å². The molecule has 2 amide bonds. The van der Waals surface area contributed by atoms with E-state index in [-0.39, 0.29) is 5.56 Å². The molecule has 0 aliphatic carbocycles. The molecule has 7 heteroatoms. The Balaban J connectivity index is 2.06. The summed E-state index contributed by atoms with van der Waals surface area (Å²) >= 11 is 0. The predicted octanol–water partition coefficient (Wildman–Crippen LogP) is 0.859. The number of amides is 2. The molecule has 0 fully saturated rings. The molecule has 1 aromatic heterocycles. The standard InChI is InChI=1S/C21H19N3O4/c1-21(2,27)18(20(26)24-28)23-19(25)17-11-9-15(10-12-17)6-3-4-7-16-8-5-13-22-14-16/h5,8-14,18,27-28H,1-2H3,(H,23,25)(H,24,26)/t18-/m1/s1. The van der Waals surface area contributed by atoms with E-state index >= 15 is 0 Å². The zero-order chi connectivity index (χ0) is 20.6. The number of aliphatic hydroxyl groups is 1. The number of nitrogens with one attached hydrogen (secondary N) is 2. The molecule has 4 N–H and O–H groups in total. The number of nitrogens with zero attached hydrogens (tertiary/aromatic N) is 1. The number of benzene rings is 1. The molecule has 0 unspecified atom stereocenters. The second kappa shape index (κ2) is 9.33. The van der Waals surface area contributed by atoms with Crippen LogP contribution in [0.1, 0.15) is 35.3 Å². The quantitative estimate of drug-likeness (QED) is 0.359. The van der Waals surface area contributed by atoms with Crippen molar-refractivity contribution in [3.05, 3.63) is 65.5 Å². The normalized spacial score (nSPS) is 11.1. The first-order valence-electron chi connectivity index (χ1n) is 8.30. The van der Waals surface area contributed by atoms with Crippen LogP contribution in [0.4, 0.5) is 0 Å². The van der Waals surface area contributed by atoms with Crippen LogP contribution in [0, 0.1) is 23.7 Å². The summed E-state index contributed by atoms with van der Waals surface area (Å²) in [6.45, 7) is 2.69. The van der Waals surface area contributed by atoms with Crippen LogP contribution in [0.3, 0.4) is 0 Å². The minimum atomic E-state index is -1.57. The van der Waals surface area contributed by atoms with E-state index in [1.54, 1.807) is 30.6 Å². The molecule has 0 saturated heterocycles. The van der Waals surface area contributed by atoms with Gasteiger partial charge in [0.1, 0.15) is 6.04 Å². The van der Waals surface area contributed by atoms with Crippen molar-refractivity contribution in [2.75, 3.05) is 0 Å². The number of hydrogen-bond donors (Lipinski definition) is 4. The van der Waals surface area contributed by atoms with Crippen LogP contribution in [0.5, 0.6) is 0 Å². The summed E-state index contributed by atoms with van der Waals surface area (Å²) in [6.07, 6.45) is 3.30. The van der Waals surface area contributed by atoms with Crippen molar-refractivity contribution in [2.24, 2.45) is 0 Å². The number of carbonyl (C=O) groups excluding carboxylic acids is 2. The molecule has 7 nitrogen and oxygen atoms in total. The van der Waals surface area contributed by atoms with Gasteiger partial charge in [-0.25, -0.2) is 5.48 Å². The number of hydrogen-bond acceptors (Lipinski definition) is 5. The lowest BCUT2D eigenvalue weighted by atomic mass is 9.97. The minimum absolute atomic E-state index is 0.270. The highest BCUT2D eigenvalue weighted by molar-refractivity contribution is 5.97. The van der Waals surface area contributed by atoms with E-state index in [9.17, 15) is 14.7 Å². The van der Waals surface area contributed by atoms with Gasteiger partial charge in [-0.05, 0) is 62.1 Å². The Morgan fingerprint density at radius 1 is 1.07 bits per heavy atom. The average Bonchev–Trinajstić information content (AvgIpc) is 2.69. The van der Waals surface area contributed by atoms with E-state index in [1.807, 2.05) is 6.07 Å². The Labute approximate surface area is 162 Å². The Bertz CT molecular complexity index is 956. The molecular weight excluding hydrogens is 358 g/mol. The van der Waals surface area contributed by atoms with E-state index in [0.717, 1.165) is 5.56 Å². The smallest absolute Gasteiger partial charge is 0.268 e. The molecule has 1 heterocycles. The van der Waals surface area contributed by atoms with Gasteiger partial charge in [0.05, 0.1) is 5.60 Å². The second-order valence-corrected chi connectivity index (χ2v) is 6.36. The third-order valence-electron chi connectivity index (χ3n) is 3.64. The van der Waals surface area contributed by atoms with Gasteiger partial charge in [0.2, 0.25) is 0 Å². The molecular formula is C21H19N3O4. The van der Waals surface area contributed by atoms with E-state index in [1.165, 1.54) is 31.5 Å². The number of rotatable bonds is 4. The highest BCUT2D eigenvalue weighted by Crippen LogP contribution is 2.11. The van der Waals surface area contributed by atoms with Gasteiger partial charge in [-0.15, -0.1) is 0 Å².